The summed E-state index contributed by atoms with van der Waals surface area (Å²) in [5.41, 5.74) is 5.18. The van der Waals surface area contributed by atoms with Crippen molar-refractivity contribution in [3.05, 3.63) is 5.82 Å². The van der Waals surface area contributed by atoms with Crippen molar-refractivity contribution in [2.24, 2.45) is 5.73 Å². The molecule has 17 heavy (non-hydrogen) atoms. The molecule has 4 nitrogen and oxygen atoms in total. The second kappa shape index (κ2) is 5.54. The molecule has 0 radical (unpaired) electrons. The lowest BCUT2D eigenvalue weighted by molar-refractivity contribution is -0.144. The van der Waals surface area contributed by atoms with Gasteiger partial charge in [-0.2, -0.15) is 22.5 Å². The quantitative estimate of drug-likeness (QED) is 0.830. The molecule has 0 unspecified atom stereocenters. The summed E-state index contributed by atoms with van der Waals surface area (Å²) in [4.78, 5) is 4.16. The molecule has 0 fully saturated rings. The largest absolute Gasteiger partial charge is 0.452 e. The van der Waals surface area contributed by atoms with E-state index in [1.165, 1.54) is 0 Å². The van der Waals surface area contributed by atoms with Crippen LogP contribution in [0.25, 0.3) is 0 Å². The molecule has 98 valence electrons. The maximum atomic E-state index is 12.2. The maximum Gasteiger partial charge on any atom is 0.452 e. The van der Waals surface area contributed by atoms with Gasteiger partial charge in [-0.25, -0.2) is 8.78 Å². The Bertz CT molecular complexity index is 352. The van der Waals surface area contributed by atoms with E-state index in [2.05, 4.69) is 9.36 Å². The lowest BCUT2D eigenvalue weighted by Gasteiger charge is -2.19. The van der Waals surface area contributed by atoms with Gasteiger partial charge >= 0.3 is 6.18 Å². The van der Waals surface area contributed by atoms with E-state index >= 15 is 0 Å². The highest BCUT2D eigenvalue weighted by atomic mass is 32.1. The summed E-state index contributed by atoms with van der Waals surface area (Å²) in [7, 11) is 0. The van der Waals surface area contributed by atoms with E-state index in [9.17, 15) is 22.0 Å². The molecule has 0 aliphatic heterocycles. The minimum Gasteiger partial charge on any atom is -0.340 e. The average Bonchev–Trinajstić information content (AvgIpc) is 2.64. The Balaban J connectivity index is 2.84. The summed E-state index contributed by atoms with van der Waals surface area (Å²) in [5, 5.41) is -0.205. The lowest BCUT2D eigenvalue weighted by atomic mass is 10.5. The van der Waals surface area contributed by atoms with Gasteiger partial charge in [0.15, 0.2) is 0 Å². The molecule has 0 amide bonds. The fraction of sp³-hybridized carbons (Fsp3) is 0.714. The van der Waals surface area contributed by atoms with Crippen molar-refractivity contribution in [3.8, 4) is 0 Å². The topological polar surface area (TPSA) is 55.0 Å². The monoisotopic (exact) mass is 276 g/mol. The van der Waals surface area contributed by atoms with Crippen molar-refractivity contribution >= 4 is 16.7 Å². The van der Waals surface area contributed by atoms with Gasteiger partial charge in [-0.3, -0.25) is 0 Å². The van der Waals surface area contributed by atoms with Crippen molar-refractivity contribution in [3.63, 3.8) is 0 Å². The third-order valence-corrected chi connectivity index (χ3v) is 2.47. The Hall–Kier alpha value is -1.03. The molecular formula is C7H9F5N4S. The van der Waals surface area contributed by atoms with Crippen LogP contribution in [0, 0.1) is 0 Å². The summed E-state index contributed by atoms with van der Waals surface area (Å²) in [6, 6.07) is 0. The first-order valence-corrected chi connectivity index (χ1v) is 5.26. The SMILES string of the molecule is NCCN(CC(F)F)c1nc(C(F)(F)F)ns1. The number of nitrogens with zero attached hydrogens (tertiary/aromatic N) is 3. The Labute approximate surface area is 97.4 Å². The fourth-order valence-corrected chi connectivity index (χ4v) is 1.77. The first kappa shape index (κ1) is 14.0. The molecule has 0 aliphatic carbocycles. The van der Waals surface area contributed by atoms with Gasteiger partial charge in [0.2, 0.25) is 11.0 Å². The lowest BCUT2D eigenvalue weighted by Crippen LogP contribution is -2.33. The van der Waals surface area contributed by atoms with E-state index in [-0.39, 0.29) is 18.2 Å². The predicted molar refractivity (Wildman–Crippen MR) is 52.2 cm³/mol. The number of nitrogens with two attached hydrogens (primary N) is 1. The normalized spacial score (nSPS) is 12.2. The molecule has 0 aromatic carbocycles. The average molecular weight is 276 g/mol. The molecule has 1 heterocycles. The summed E-state index contributed by atoms with van der Waals surface area (Å²) < 4.78 is 64.1. The van der Waals surface area contributed by atoms with Crippen molar-refractivity contribution in [1.29, 1.82) is 0 Å². The van der Waals surface area contributed by atoms with Crippen LogP contribution in [0.2, 0.25) is 0 Å². The third-order valence-electron chi connectivity index (χ3n) is 1.70. The Morgan fingerprint density at radius 1 is 1.35 bits per heavy atom. The highest BCUT2D eigenvalue weighted by Gasteiger charge is 2.36. The van der Waals surface area contributed by atoms with Crippen LogP contribution in [0.5, 0.6) is 0 Å². The van der Waals surface area contributed by atoms with Gasteiger partial charge in [-0.1, -0.05) is 0 Å². The van der Waals surface area contributed by atoms with Crippen molar-refractivity contribution in [2.45, 2.75) is 12.6 Å². The number of anilines is 1. The van der Waals surface area contributed by atoms with Gasteiger partial charge < -0.3 is 10.6 Å². The zero-order chi connectivity index (χ0) is 13.1. The molecule has 0 spiro atoms. The van der Waals surface area contributed by atoms with Crippen molar-refractivity contribution in [2.75, 3.05) is 24.5 Å². The van der Waals surface area contributed by atoms with Crippen LogP contribution in [-0.2, 0) is 6.18 Å². The van der Waals surface area contributed by atoms with Crippen LogP contribution < -0.4 is 10.6 Å². The molecular weight excluding hydrogens is 267 g/mol. The number of hydrogen-bond acceptors (Lipinski definition) is 5. The first-order valence-electron chi connectivity index (χ1n) is 4.48. The second-order valence-electron chi connectivity index (χ2n) is 3.02. The Morgan fingerprint density at radius 3 is 2.41 bits per heavy atom. The first-order chi connectivity index (χ1) is 7.84. The number of alkyl halides is 5. The number of halogens is 5. The molecule has 1 aromatic heterocycles. The fourth-order valence-electron chi connectivity index (χ4n) is 1.05. The van der Waals surface area contributed by atoms with Crippen LogP contribution >= 0.6 is 11.5 Å². The molecule has 0 bridgehead atoms. The zero-order valence-corrected chi connectivity index (χ0v) is 9.23. The molecule has 0 saturated heterocycles. The zero-order valence-electron chi connectivity index (χ0n) is 8.42. The van der Waals surface area contributed by atoms with Crippen LogP contribution in [0.4, 0.5) is 27.1 Å². The minimum absolute atomic E-state index is 0.00314. The minimum atomic E-state index is -4.67. The van der Waals surface area contributed by atoms with Crippen LogP contribution in [0.15, 0.2) is 0 Å². The van der Waals surface area contributed by atoms with Gasteiger partial charge in [0.1, 0.15) is 0 Å². The van der Waals surface area contributed by atoms with Crippen molar-refractivity contribution < 1.29 is 22.0 Å². The highest BCUT2D eigenvalue weighted by Crippen LogP contribution is 2.30. The van der Waals surface area contributed by atoms with E-state index in [0.29, 0.717) is 11.5 Å². The molecule has 1 rings (SSSR count). The maximum absolute atomic E-state index is 12.2. The number of hydrogen-bond donors (Lipinski definition) is 1. The van der Waals surface area contributed by atoms with Crippen molar-refractivity contribution in [1.82, 2.24) is 9.36 Å². The number of rotatable bonds is 5. The smallest absolute Gasteiger partial charge is 0.340 e. The molecule has 0 saturated carbocycles. The molecule has 0 aliphatic rings. The van der Waals surface area contributed by atoms with Crippen LogP contribution in [-0.4, -0.2) is 35.4 Å². The third kappa shape index (κ3) is 4.04. The van der Waals surface area contributed by atoms with Gasteiger partial charge in [0.25, 0.3) is 6.43 Å². The summed E-state index contributed by atoms with van der Waals surface area (Å²) in [5.74, 6) is -1.33. The summed E-state index contributed by atoms with van der Waals surface area (Å²) in [6.45, 7) is -0.686. The Morgan fingerprint density at radius 2 is 2.00 bits per heavy atom. The van der Waals surface area contributed by atoms with Gasteiger partial charge in [0.05, 0.1) is 6.54 Å². The highest BCUT2D eigenvalue weighted by molar-refractivity contribution is 7.09. The molecule has 2 N–H and O–H groups in total. The van der Waals surface area contributed by atoms with Crippen LogP contribution in [0.3, 0.4) is 0 Å². The van der Waals surface area contributed by atoms with Gasteiger partial charge in [-0.05, 0) is 0 Å². The van der Waals surface area contributed by atoms with E-state index in [1.807, 2.05) is 0 Å². The Kier molecular flexibility index (Phi) is 4.57. The van der Waals surface area contributed by atoms with Crippen LogP contribution in [0.1, 0.15) is 5.82 Å². The summed E-state index contributed by atoms with van der Waals surface area (Å²) in [6.07, 6.45) is -7.35. The number of aromatic nitrogens is 2. The molecule has 10 heteroatoms. The standard InChI is InChI=1S/C7H9F5N4S/c8-4(9)3-16(2-1-13)6-14-5(15-17-6)7(10,11)12/h4H,1-3,13H2. The van der Waals surface area contributed by atoms with Gasteiger partial charge in [0, 0.05) is 24.6 Å². The predicted octanol–water partition coefficient (Wildman–Crippen LogP) is 1.59. The van der Waals surface area contributed by atoms with E-state index in [0.717, 1.165) is 4.90 Å². The molecule has 1 aromatic rings. The summed E-state index contributed by atoms with van der Waals surface area (Å²) >= 11 is 0.422. The van der Waals surface area contributed by atoms with E-state index < -0.39 is 25.0 Å². The van der Waals surface area contributed by atoms with E-state index in [4.69, 9.17) is 5.73 Å². The van der Waals surface area contributed by atoms with Gasteiger partial charge in [-0.15, -0.1) is 0 Å². The second-order valence-corrected chi connectivity index (χ2v) is 3.75. The van der Waals surface area contributed by atoms with E-state index in [1.54, 1.807) is 0 Å². The molecule has 0 atom stereocenters.